The van der Waals surface area contributed by atoms with Gasteiger partial charge in [0.15, 0.2) is 0 Å². The molecule has 1 aromatic carbocycles. The molecule has 0 saturated carbocycles. The molecule has 0 radical (unpaired) electrons. The van der Waals surface area contributed by atoms with Crippen LogP contribution < -0.4 is 5.32 Å². The van der Waals surface area contributed by atoms with Crippen LogP contribution in [-0.4, -0.2) is 6.54 Å². The fraction of sp³-hybridized carbons (Fsp3) is 0.455. The second-order valence-corrected chi connectivity index (χ2v) is 5.20. The van der Waals surface area contributed by atoms with E-state index in [2.05, 4.69) is 53.3 Å². The van der Waals surface area contributed by atoms with Gasteiger partial charge in [0, 0.05) is 23.0 Å². The van der Waals surface area contributed by atoms with Crippen molar-refractivity contribution in [3.63, 3.8) is 0 Å². The highest BCUT2D eigenvalue weighted by Gasteiger charge is 2.26. The van der Waals surface area contributed by atoms with E-state index in [-0.39, 0.29) is 17.8 Å². The lowest BCUT2D eigenvalue weighted by atomic mass is 9.79. The molecule has 1 heterocycles. The Morgan fingerprint density at radius 3 is 2.79 bits per heavy atom. The smallest absolute Gasteiger partial charge is 0.0209 e. The summed E-state index contributed by atoms with van der Waals surface area (Å²) < 4.78 is 1.17. The van der Waals surface area contributed by atoms with E-state index in [1.54, 1.807) is 0 Å². The van der Waals surface area contributed by atoms with Crippen LogP contribution in [0.3, 0.4) is 0 Å². The van der Waals surface area contributed by atoms with Gasteiger partial charge < -0.3 is 5.32 Å². The average Bonchev–Trinajstić information content (AvgIpc) is 2.02. The first-order valence-electron chi connectivity index (χ1n) is 4.59. The molecule has 1 N–H and O–H groups in total. The van der Waals surface area contributed by atoms with Crippen molar-refractivity contribution in [3.05, 3.63) is 33.8 Å². The number of hydrogen-bond acceptors (Lipinski definition) is 1. The predicted molar refractivity (Wildman–Crippen MR) is 66.1 cm³/mol. The molecule has 78 valence electrons. The van der Waals surface area contributed by atoms with Crippen molar-refractivity contribution in [1.29, 1.82) is 0 Å². The Labute approximate surface area is 99.8 Å². The monoisotopic (exact) mass is 275 g/mol. The summed E-state index contributed by atoms with van der Waals surface area (Å²) in [6.07, 6.45) is 0. The van der Waals surface area contributed by atoms with Crippen LogP contribution in [0.2, 0.25) is 0 Å². The third kappa shape index (κ3) is 2.13. The molecule has 1 aliphatic heterocycles. The highest BCUT2D eigenvalue weighted by atomic mass is 79.9. The van der Waals surface area contributed by atoms with Gasteiger partial charge in [-0.15, -0.1) is 12.4 Å². The summed E-state index contributed by atoms with van der Waals surface area (Å²) in [5.41, 5.74) is 3.17. The summed E-state index contributed by atoms with van der Waals surface area (Å²) in [5, 5.41) is 3.44. The maximum Gasteiger partial charge on any atom is 0.0209 e. The Bertz CT molecular complexity index is 336. The van der Waals surface area contributed by atoms with Gasteiger partial charge in [-0.3, -0.25) is 0 Å². The van der Waals surface area contributed by atoms with Gasteiger partial charge in [0.25, 0.3) is 0 Å². The summed E-state index contributed by atoms with van der Waals surface area (Å²) in [4.78, 5) is 0. The third-order valence-corrected chi connectivity index (χ3v) is 3.17. The molecular weight excluding hydrogens is 261 g/mol. The van der Waals surface area contributed by atoms with E-state index in [0.717, 1.165) is 13.1 Å². The first-order chi connectivity index (χ1) is 6.09. The third-order valence-electron chi connectivity index (χ3n) is 2.68. The minimum absolute atomic E-state index is 0. The molecule has 0 saturated heterocycles. The maximum atomic E-state index is 3.50. The lowest BCUT2D eigenvalue weighted by molar-refractivity contribution is 0.435. The fourth-order valence-corrected chi connectivity index (χ4v) is 2.38. The second-order valence-electron chi connectivity index (χ2n) is 4.29. The standard InChI is InChI=1S/C11H14BrN.ClH/c1-11(2)7-13-6-8-5-9(12)3-4-10(8)11;/h3-5,13H,6-7H2,1-2H3;1H. The van der Waals surface area contributed by atoms with Gasteiger partial charge in [-0.25, -0.2) is 0 Å². The van der Waals surface area contributed by atoms with E-state index in [4.69, 9.17) is 0 Å². The van der Waals surface area contributed by atoms with Gasteiger partial charge in [-0.1, -0.05) is 35.8 Å². The lowest BCUT2D eigenvalue weighted by Gasteiger charge is -2.33. The highest BCUT2D eigenvalue weighted by Crippen LogP contribution is 2.30. The van der Waals surface area contributed by atoms with E-state index >= 15 is 0 Å². The van der Waals surface area contributed by atoms with Crippen molar-refractivity contribution in [3.8, 4) is 0 Å². The molecule has 2 rings (SSSR count). The normalized spacial score (nSPS) is 18.2. The van der Waals surface area contributed by atoms with Crippen molar-refractivity contribution in [2.45, 2.75) is 25.8 Å². The summed E-state index contributed by atoms with van der Waals surface area (Å²) >= 11 is 3.50. The van der Waals surface area contributed by atoms with E-state index in [1.165, 1.54) is 15.6 Å². The summed E-state index contributed by atoms with van der Waals surface area (Å²) in [7, 11) is 0. The lowest BCUT2D eigenvalue weighted by Crippen LogP contribution is -2.38. The molecule has 0 aliphatic carbocycles. The van der Waals surface area contributed by atoms with Crippen LogP contribution in [0.4, 0.5) is 0 Å². The van der Waals surface area contributed by atoms with Crippen molar-refractivity contribution >= 4 is 28.3 Å². The molecule has 0 atom stereocenters. The van der Waals surface area contributed by atoms with Crippen LogP contribution in [0.5, 0.6) is 0 Å². The van der Waals surface area contributed by atoms with Gasteiger partial charge in [0.1, 0.15) is 0 Å². The topological polar surface area (TPSA) is 12.0 Å². The minimum Gasteiger partial charge on any atom is -0.312 e. The van der Waals surface area contributed by atoms with Crippen molar-refractivity contribution in [1.82, 2.24) is 5.32 Å². The van der Waals surface area contributed by atoms with Crippen LogP contribution in [0.25, 0.3) is 0 Å². The van der Waals surface area contributed by atoms with Crippen molar-refractivity contribution < 1.29 is 0 Å². The zero-order valence-electron chi connectivity index (χ0n) is 8.43. The predicted octanol–water partition coefficient (Wildman–Crippen LogP) is 3.25. The molecule has 0 aromatic heterocycles. The SMILES string of the molecule is CC1(C)CNCc2cc(Br)ccc21.Cl. The summed E-state index contributed by atoms with van der Waals surface area (Å²) in [5.74, 6) is 0. The Balaban J connectivity index is 0.000000980. The van der Waals surface area contributed by atoms with E-state index in [9.17, 15) is 0 Å². The van der Waals surface area contributed by atoms with E-state index in [0.29, 0.717) is 0 Å². The molecule has 0 spiro atoms. The first-order valence-corrected chi connectivity index (χ1v) is 5.38. The molecule has 0 amide bonds. The van der Waals surface area contributed by atoms with E-state index in [1.807, 2.05) is 0 Å². The molecule has 1 nitrogen and oxygen atoms in total. The molecule has 0 unspecified atom stereocenters. The highest BCUT2D eigenvalue weighted by molar-refractivity contribution is 9.10. The zero-order chi connectivity index (χ0) is 9.47. The van der Waals surface area contributed by atoms with Gasteiger partial charge in [0.2, 0.25) is 0 Å². The summed E-state index contributed by atoms with van der Waals surface area (Å²) in [6, 6.07) is 6.58. The number of halogens is 2. The van der Waals surface area contributed by atoms with Crippen LogP contribution in [0, 0.1) is 0 Å². The molecule has 0 fully saturated rings. The number of hydrogen-bond donors (Lipinski definition) is 1. The van der Waals surface area contributed by atoms with Gasteiger partial charge >= 0.3 is 0 Å². The Hall–Kier alpha value is -0.0500. The van der Waals surface area contributed by atoms with E-state index < -0.39 is 0 Å². The Morgan fingerprint density at radius 1 is 1.36 bits per heavy atom. The Kier molecular flexibility index (Phi) is 3.62. The second kappa shape index (κ2) is 4.21. The molecule has 1 aromatic rings. The van der Waals surface area contributed by atoms with Crippen molar-refractivity contribution in [2.24, 2.45) is 0 Å². The molecule has 0 bridgehead atoms. The molecule has 14 heavy (non-hydrogen) atoms. The van der Waals surface area contributed by atoms with Crippen LogP contribution in [0.15, 0.2) is 22.7 Å². The molecule has 1 aliphatic rings. The largest absolute Gasteiger partial charge is 0.312 e. The zero-order valence-corrected chi connectivity index (χ0v) is 10.8. The minimum atomic E-state index is 0. The maximum absolute atomic E-state index is 3.50. The molecule has 3 heteroatoms. The number of nitrogens with one attached hydrogen (secondary N) is 1. The summed E-state index contributed by atoms with van der Waals surface area (Å²) in [6.45, 7) is 6.64. The fourth-order valence-electron chi connectivity index (χ4n) is 1.97. The quantitative estimate of drug-likeness (QED) is 0.767. The van der Waals surface area contributed by atoms with Gasteiger partial charge in [-0.2, -0.15) is 0 Å². The first kappa shape index (κ1) is 12.0. The Morgan fingerprint density at radius 2 is 2.07 bits per heavy atom. The number of benzene rings is 1. The van der Waals surface area contributed by atoms with Crippen LogP contribution in [-0.2, 0) is 12.0 Å². The van der Waals surface area contributed by atoms with Gasteiger partial charge in [-0.05, 0) is 23.3 Å². The molecular formula is C11H15BrClN. The van der Waals surface area contributed by atoms with Crippen LogP contribution >= 0.6 is 28.3 Å². The van der Waals surface area contributed by atoms with Gasteiger partial charge in [0.05, 0.1) is 0 Å². The average molecular weight is 277 g/mol. The number of rotatable bonds is 0. The van der Waals surface area contributed by atoms with Crippen molar-refractivity contribution in [2.75, 3.05) is 6.54 Å². The number of fused-ring (bicyclic) bond motifs is 1. The van der Waals surface area contributed by atoms with Crippen LogP contribution in [0.1, 0.15) is 25.0 Å².